The number of aromatic nitrogens is 4. The standard InChI is InChI=1S/C25H20ClFN4O5/c1-24(20(34)17(32)14-8-4-2-5-9-14)25(35,19(33)15-10-6-3-7-11-15)18(27)23(36-24)31-13-30-16-21(26)28-12-29-22(16)31/h2-13,18,20,23,34-35H,1H3/t18-,20?,23+,24+,25+/m0/s1. The lowest BCUT2D eigenvalue weighted by atomic mass is 9.72. The third-order valence-corrected chi connectivity index (χ3v) is 6.85. The van der Waals surface area contributed by atoms with E-state index in [-0.39, 0.29) is 27.4 Å². The largest absolute Gasteiger partial charge is 0.382 e. The number of fused-ring (bicyclic) bond motifs is 1. The van der Waals surface area contributed by atoms with Crippen molar-refractivity contribution < 1.29 is 28.9 Å². The lowest BCUT2D eigenvalue weighted by molar-refractivity contribution is -0.159. The van der Waals surface area contributed by atoms with Crippen LogP contribution >= 0.6 is 11.6 Å². The maximum absolute atomic E-state index is 16.3. The number of rotatable bonds is 6. The molecule has 2 aromatic carbocycles. The van der Waals surface area contributed by atoms with Crippen molar-refractivity contribution in [2.75, 3.05) is 0 Å². The number of hydrogen-bond donors (Lipinski definition) is 2. The maximum Gasteiger partial charge on any atom is 0.200 e. The number of ketones is 2. The second-order valence-corrected chi connectivity index (χ2v) is 8.96. The zero-order valence-corrected chi connectivity index (χ0v) is 19.6. The smallest absolute Gasteiger partial charge is 0.200 e. The van der Waals surface area contributed by atoms with Crippen LogP contribution in [0, 0.1) is 0 Å². The first-order chi connectivity index (χ1) is 17.2. The number of ether oxygens (including phenoxy) is 1. The van der Waals surface area contributed by atoms with Crippen molar-refractivity contribution in [3.63, 3.8) is 0 Å². The van der Waals surface area contributed by atoms with Gasteiger partial charge < -0.3 is 14.9 Å². The van der Waals surface area contributed by atoms with Gasteiger partial charge in [0, 0.05) is 11.1 Å². The summed E-state index contributed by atoms with van der Waals surface area (Å²) in [6.07, 6.45) is -3.94. The van der Waals surface area contributed by atoms with Gasteiger partial charge in [0.05, 0.1) is 6.33 Å². The SMILES string of the molecule is C[C@]1(C(O)C(=O)c2ccccc2)O[C@@H](n2cnc3c(Cl)ncnc32)[C@H](F)[C@@]1(O)C(=O)c1ccccc1. The van der Waals surface area contributed by atoms with Gasteiger partial charge in [0.2, 0.25) is 5.78 Å². The molecule has 36 heavy (non-hydrogen) atoms. The first kappa shape index (κ1) is 24.1. The molecule has 1 fully saturated rings. The highest BCUT2D eigenvalue weighted by atomic mass is 35.5. The number of hydrogen-bond acceptors (Lipinski definition) is 8. The number of alkyl halides is 1. The molecule has 0 amide bonds. The third kappa shape index (κ3) is 3.45. The molecule has 1 saturated heterocycles. The molecule has 0 radical (unpaired) electrons. The van der Waals surface area contributed by atoms with Gasteiger partial charge in [-0.2, -0.15) is 0 Å². The van der Waals surface area contributed by atoms with Gasteiger partial charge in [0.25, 0.3) is 0 Å². The number of halogens is 2. The molecule has 5 atom stereocenters. The highest BCUT2D eigenvalue weighted by molar-refractivity contribution is 6.33. The average Bonchev–Trinajstić information content (AvgIpc) is 3.43. The molecule has 184 valence electrons. The summed E-state index contributed by atoms with van der Waals surface area (Å²) in [7, 11) is 0. The summed E-state index contributed by atoms with van der Waals surface area (Å²) in [5, 5.41) is 23.0. The second kappa shape index (κ2) is 8.82. The van der Waals surface area contributed by atoms with Gasteiger partial charge >= 0.3 is 0 Å². The highest BCUT2D eigenvalue weighted by Crippen LogP contribution is 2.50. The van der Waals surface area contributed by atoms with Crippen LogP contribution in [0.4, 0.5) is 4.39 Å². The van der Waals surface area contributed by atoms with Crippen LogP contribution in [0.2, 0.25) is 5.15 Å². The van der Waals surface area contributed by atoms with Gasteiger partial charge in [-0.25, -0.2) is 19.3 Å². The molecular formula is C25H20ClFN4O5. The Balaban J connectivity index is 1.66. The Morgan fingerprint density at radius 3 is 2.31 bits per heavy atom. The molecule has 0 bridgehead atoms. The fourth-order valence-electron chi connectivity index (χ4n) is 4.53. The van der Waals surface area contributed by atoms with E-state index in [1.165, 1.54) is 30.6 Å². The van der Waals surface area contributed by atoms with Crippen LogP contribution in [-0.2, 0) is 4.74 Å². The fourth-order valence-corrected chi connectivity index (χ4v) is 4.71. The summed E-state index contributed by atoms with van der Waals surface area (Å²) < 4.78 is 23.4. The van der Waals surface area contributed by atoms with Gasteiger partial charge in [-0.1, -0.05) is 72.3 Å². The molecule has 1 aliphatic heterocycles. The van der Waals surface area contributed by atoms with Crippen molar-refractivity contribution in [1.29, 1.82) is 0 Å². The molecular weight excluding hydrogens is 491 g/mol. The van der Waals surface area contributed by atoms with Crippen LogP contribution < -0.4 is 0 Å². The number of carbonyl (C=O) groups excluding carboxylic acids is 2. The fraction of sp³-hybridized carbons (Fsp3) is 0.240. The third-order valence-electron chi connectivity index (χ3n) is 6.57. The van der Waals surface area contributed by atoms with Crippen LogP contribution in [0.25, 0.3) is 11.2 Å². The lowest BCUT2D eigenvalue weighted by Crippen LogP contribution is -2.65. The normalized spacial score (nSPS) is 26.7. The van der Waals surface area contributed by atoms with E-state index in [9.17, 15) is 19.8 Å². The Morgan fingerprint density at radius 2 is 1.67 bits per heavy atom. The van der Waals surface area contributed by atoms with Crippen LogP contribution in [0.1, 0.15) is 33.9 Å². The monoisotopic (exact) mass is 510 g/mol. The molecule has 0 aliphatic carbocycles. The number of nitrogens with zero attached hydrogens (tertiary/aromatic N) is 4. The van der Waals surface area contributed by atoms with Crippen molar-refractivity contribution in [3.05, 3.63) is 89.6 Å². The van der Waals surface area contributed by atoms with Crippen LogP contribution in [0.5, 0.6) is 0 Å². The minimum Gasteiger partial charge on any atom is -0.382 e. The minimum absolute atomic E-state index is 0.00447. The second-order valence-electron chi connectivity index (χ2n) is 8.60. The van der Waals surface area contributed by atoms with E-state index < -0.39 is 41.3 Å². The lowest BCUT2D eigenvalue weighted by Gasteiger charge is -2.39. The quantitative estimate of drug-likeness (QED) is 0.299. The Hall–Kier alpha value is -3.57. The summed E-state index contributed by atoms with van der Waals surface area (Å²) in [6, 6.07) is 15.3. The Morgan fingerprint density at radius 1 is 1.06 bits per heavy atom. The summed E-state index contributed by atoms with van der Waals surface area (Å²) in [4.78, 5) is 38.8. The highest BCUT2D eigenvalue weighted by Gasteiger charge is 2.72. The van der Waals surface area contributed by atoms with E-state index in [0.717, 1.165) is 17.8 Å². The molecule has 5 rings (SSSR count). The predicted octanol–water partition coefficient (Wildman–Crippen LogP) is 2.96. The number of imidazole rings is 1. The van der Waals surface area contributed by atoms with Gasteiger partial charge in [-0.05, 0) is 6.92 Å². The predicted molar refractivity (Wildman–Crippen MR) is 126 cm³/mol. The van der Waals surface area contributed by atoms with E-state index in [1.54, 1.807) is 36.4 Å². The summed E-state index contributed by atoms with van der Waals surface area (Å²) in [5.74, 6) is -1.91. The van der Waals surface area contributed by atoms with Crippen LogP contribution in [0.15, 0.2) is 73.3 Å². The maximum atomic E-state index is 16.3. The topological polar surface area (TPSA) is 127 Å². The zero-order valence-electron chi connectivity index (χ0n) is 18.8. The van der Waals surface area contributed by atoms with E-state index in [0.29, 0.717) is 0 Å². The summed E-state index contributed by atoms with van der Waals surface area (Å²) >= 11 is 6.07. The van der Waals surface area contributed by atoms with Gasteiger partial charge in [0.15, 0.2) is 34.6 Å². The molecule has 1 aliphatic rings. The average molecular weight is 511 g/mol. The van der Waals surface area contributed by atoms with Gasteiger partial charge in [-0.15, -0.1) is 0 Å². The number of benzene rings is 2. The van der Waals surface area contributed by atoms with Gasteiger partial charge in [-0.3, -0.25) is 14.2 Å². The molecule has 4 aromatic rings. The Bertz CT molecular complexity index is 1450. The number of aliphatic hydroxyl groups excluding tert-OH is 1. The first-order valence-corrected chi connectivity index (χ1v) is 11.3. The molecule has 0 saturated carbocycles. The summed E-state index contributed by atoms with van der Waals surface area (Å²) in [6.45, 7) is 1.13. The van der Waals surface area contributed by atoms with E-state index >= 15 is 4.39 Å². The van der Waals surface area contributed by atoms with E-state index in [1.807, 2.05) is 0 Å². The first-order valence-electron chi connectivity index (χ1n) is 10.9. The van der Waals surface area contributed by atoms with Crippen molar-refractivity contribution in [1.82, 2.24) is 19.5 Å². The van der Waals surface area contributed by atoms with E-state index in [4.69, 9.17) is 16.3 Å². The minimum atomic E-state index is -2.98. The van der Waals surface area contributed by atoms with Crippen molar-refractivity contribution in [2.45, 2.75) is 36.6 Å². The number of Topliss-reactive ketones (excluding diaryl/α,β-unsaturated/α-hetero) is 2. The van der Waals surface area contributed by atoms with Gasteiger partial charge in [0.1, 0.15) is 23.5 Å². The molecule has 2 aromatic heterocycles. The van der Waals surface area contributed by atoms with Crippen molar-refractivity contribution in [3.8, 4) is 0 Å². The van der Waals surface area contributed by atoms with E-state index in [2.05, 4.69) is 15.0 Å². The van der Waals surface area contributed by atoms with Crippen molar-refractivity contribution in [2.24, 2.45) is 0 Å². The molecule has 2 N–H and O–H groups in total. The van der Waals surface area contributed by atoms with Crippen LogP contribution in [-0.4, -0.2) is 64.8 Å². The van der Waals surface area contributed by atoms with Crippen LogP contribution in [0.3, 0.4) is 0 Å². The Kier molecular flexibility index (Phi) is 5.92. The molecule has 3 heterocycles. The summed E-state index contributed by atoms with van der Waals surface area (Å²) in [5.41, 5.74) is -5.11. The number of aliphatic hydroxyl groups is 2. The Labute approximate surface area is 209 Å². The molecule has 11 heteroatoms. The zero-order chi connectivity index (χ0) is 25.7. The molecule has 9 nitrogen and oxygen atoms in total. The van der Waals surface area contributed by atoms with Crippen molar-refractivity contribution >= 4 is 34.3 Å². The molecule has 1 unspecified atom stereocenters. The number of carbonyl (C=O) groups is 2. The molecule has 0 spiro atoms.